The van der Waals surface area contributed by atoms with Crippen LogP contribution in [0.3, 0.4) is 0 Å². The molecule has 2 heterocycles. The predicted octanol–water partition coefficient (Wildman–Crippen LogP) is -0.135. The number of fused-ring (bicyclic) bond motifs is 1. The van der Waals surface area contributed by atoms with Crippen molar-refractivity contribution in [2.45, 2.75) is 18.7 Å². The van der Waals surface area contributed by atoms with Gasteiger partial charge in [0.2, 0.25) is 0 Å². The normalized spacial score (nSPS) is 19.2. The van der Waals surface area contributed by atoms with Crippen molar-refractivity contribution < 1.29 is 12.9 Å². The van der Waals surface area contributed by atoms with E-state index in [2.05, 4.69) is 10.5 Å². The number of sulfone groups is 1. The number of nitrogens with zero attached hydrogens (tertiary/aromatic N) is 1. The van der Waals surface area contributed by atoms with Crippen molar-refractivity contribution in [1.82, 2.24) is 10.5 Å². The van der Waals surface area contributed by atoms with Crippen LogP contribution in [0, 0.1) is 0 Å². The minimum absolute atomic E-state index is 0.0723. The van der Waals surface area contributed by atoms with Crippen LogP contribution in [0.4, 0.5) is 0 Å². The standard InChI is InChI=1S/C8H12N2O3S/c1-9-4-8-6-5-14(11,12)3-2-7(6)10-13-8/h9H,2-5H2,1H3. The molecule has 78 valence electrons. The maximum atomic E-state index is 11.4. The van der Waals surface area contributed by atoms with Crippen molar-refractivity contribution in [1.29, 1.82) is 0 Å². The Bertz CT molecular complexity index is 435. The van der Waals surface area contributed by atoms with Gasteiger partial charge < -0.3 is 9.84 Å². The molecular weight excluding hydrogens is 204 g/mol. The quantitative estimate of drug-likeness (QED) is 0.745. The third-order valence-electron chi connectivity index (χ3n) is 2.30. The monoisotopic (exact) mass is 216 g/mol. The average molecular weight is 216 g/mol. The highest BCUT2D eigenvalue weighted by atomic mass is 32.2. The van der Waals surface area contributed by atoms with E-state index in [1.54, 1.807) is 7.05 Å². The zero-order chi connectivity index (χ0) is 10.2. The molecule has 1 aliphatic heterocycles. The first-order chi connectivity index (χ1) is 6.62. The highest BCUT2D eigenvalue weighted by Gasteiger charge is 2.27. The lowest BCUT2D eigenvalue weighted by atomic mass is 10.1. The van der Waals surface area contributed by atoms with E-state index in [1.165, 1.54) is 0 Å². The highest BCUT2D eigenvalue weighted by Crippen LogP contribution is 2.23. The Morgan fingerprint density at radius 1 is 1.57 bits per heavy atom. The van der Waals surface area contributed by atoms with Crippen molar-refractivity contribution in [2.24, 2.45) is 0 Å². The molecule has 0 fully saturated rings. The first kappa shape index (κ1) is 9.67. The molecule has 0 atom stereocenters. The number of hydrogen-bond acceptors (Lipinski definition) is 5. The predicted molar refractivity (Wildman–Crippen MR) is 50.5 cm³/mol. The van der Waals surface area contributed by atoms with Gasteiger partial charge in [-0.05, 0) is 7.05 Å². The first-order valence-electron chi connectivity index (χ1n) is 4.44. The summed E-state index contributed by atoms with van der Waals surface area (Å²) in [5, 5.41) is 6.78. The van der Waals surface area contributed by atoms with Gasteiger partial charge in [0.1, 0.15) is 0 Å². The van der Waals surface area contributed by atoms with Crippen molar-refractivity contribution in [3.63, 3.8) is 0 Å². The van der Waals surface area contributed by atoms with Crippen LogP contribution in [0.15, 0.2) is 4.52 Å². The smallest absolute Gasteiger partial charge is 0.155 e. The maximum absolute atomic E-state index is 11.4. The van der Waals surface area contributed by atoms with Gasteiger partial charge in [0, 0.05) is 12.0 Å². The molecule has 1 aromatic heterocycles. The average Bonchev–Trinajstić information content (AvgIpc) is 2.47. The zero-order valence-electron chi connectivity index (χ0n) is 7.91. The second kappa shape index (κ2) is 3.36. The first-order valence-corrected chi connectivity index (χ1v) is 6.26. The summed E-state index contributed by atoms with van der Waals surface area (Å²) in [4.78, 5) is 0. The molecule has 0 spiro atoms. The Labute approximate surface area is 82.4 Å². The van der Waals surface area contributed by atoms with E-state index in [9.17, 15) is 8.42 Å². The van der Waals surface area contributed by atoms with E-state index in [4.69, 9.17) is 4.52 Å². The van der Waals surface area contributed by atoms with Crippen molar-refractivity contribution in [3.8, 4) is 0 Å². The summed E-state index contributed by atoms with van der Waals surface area (Å²) < 4.78 is 27.8. The van der Waals surface area contributed by atoms with E-state index in [1.807, 2.05) is 0 Å². The van der Waals surface area contributed by atoms with Crippen LogP contribution >= 0.6 is 0 Å². The van der Waals surface area contributed by atoms with Gasteiger partial charge in [-0.25, -0.2) is 8.42 Å². The third kappa shape index (κ3) is 1.67. The SMILES string of the molecule is CNCc1onc2c1CS(=O)(=O)CC2. The van der Waals surface area contributed by atoms with Gasteiger partial charge in [0.05, 0.1) is 23.7 Å². The molecule has 6 heteroatoms. The Kier molecular flexibility index (Phi) is 2.32. The molecule has 1 aromatic rings. The summed E-state index contributed by atoms with van der Waals surface area (Å²) >= 11 is 0. The number of aryl methyl sites for hydroxylation is 1. The molecule has 5 nitrogen and oxygen atoms in total. The summed E-state index contributed by atoms with van der Waals surface area (Å²) in [5.41, 5.74) is 1.55. The van der Waals surface area contributed by atoms with Crippen LogP contribution in [-0.4, -0.2) is 26.4 Å². The second-order valence-electron chi connectivity index (χ2n) is 3.40. The molecule has 1 N–H and O–H groups in total. The molecule has 0 aromatic carbocycles. The Morgan fingerprint density at radius 2 is 2.36 bits per heavy atom. The van der Waals surface area contributed by atoms with Crippen molar-refractivity contribution >= 4 is 9.84 Å². The number of rotatable bonds is 2. The molecule has 0 unspecified atom stereocenters. The van der Waals surface area contributed by atoms with Crippen molar-refractivity contribution in [3.05, 3.63) is 17.0 Å². The zero-order valence-corrected chi connectivity index (χ0v) is 8.73. The molecule has 14 heavy (non-hydrogen) atoms. The van der Waals surface area contributed by atoms with Gasteiger partial charge in [-0.15, -0.1) is 0 Å². The Morgan fingerprint density at radius 3 is 3.07 bits per heavy atom. The third-order valence-corrected chi connectivity index (χ3v) is 3.86. The van der Waals surface area contributed by atoms with Crippen molar-refractivity contribution in [2.75, 3.05) is 12.8 Å². The summed E-state index contributed by atoms with van der Waals surface area (Å²) in [6.07, 6.45) is 0.477. The molecule has 0 radical (unpaired) electrons. The molecule has 0 amide bonds. The molecule has 0 saturated heterocycles. The molecule has 0 aliphatic carbocycles. The van der Waals surface area contributed by atoms with Crippen LogP contribution in [-0.2, 0) is 28.6 Å². The van der Waals surface area contributed by atoms with Gasteiger partial charge in [0.15, 0.2) is 15.6 Å². The number of nitrogens with one attached hydrogen (secondary N) is 1. The van der Waals surface area contributed by atoms with E-state index in [-0.39, 0.29) is 11.5 Å². The molecule has 0 bridgehead atoms. The fraction of sp³-hybridized carbons (Fsp3) is 0.625. The van der Waals surface area contributed by atoms with Crippen LogP contribution in [0.1, 0.15) is 17.0 Å². The van der Waals surface area contributed by atoms with Gasteiger partial charge in [-0.3, -0.25) is 0 Å². The van der Waals surface area contributed by atoms with Crippen LogP contribution in [0.2, 0.25) is 0 Å². The molecule has 2 rings (SSSR count). The summed E-state index contributed by atoms with van der Waals surface area (Å²) in [5.74, 6) is 0.903. The summed E-state index contributed by atoms with van der Waals surface area (Å²) in [6, 6.07) is 0. The van der Waals surface area contributed by atoms with Gasteiger partial charge >= 0.3 is 0 Å². The second-order valence-corrected chi connectivity index (χ2v) is 5.59. The molecule has 1 aliphatic rings. The fourth-order valence-electron chi connectivity index (χ4n) is 1.59. The topological polar surface area (TPSA) is 72.2 Å². The fourth-order valence-corrected chi connectivity index (χ4v) is 3.00. The molecule has 0 saturated carbocycles. The number of aromatic nitrogens is 1. The van der Waals surface area contributed by atoms with E-state index in [0.717, 1.165) is 11.3 Å². The minimum atomic E-state index is -2.93. The largest absolute Gasteiger partial charge is 0.359 e. The lowest BCUT2D eigenvalue weighted by molar-refractivity contribution is 0.371. The Hall–Kier alpha value is -0.880. The van der Waals surface area contributed by atoms with Crippen LogP contribution < -0.4 is 5.32 Å². The van der Waals surface area contributed by atoms with E-state index < -0.39 is 9.84 Å². The van der Waals surface area contributed by atoms with Gasteiger partial charge in [-0.2, -0.15) is 0 Å². The lowest BCUT2D eigenvalue weighted by Crippen LogP contribution is -2.19. The minimum Gasteiger partial charge on any atom is -0.359 e. The van der Waals surface area contributed by atoms with E-state index in [0.29, 0.717) is 18.7 Å². The van der Waals surface area contributed by atoms with Gasteiger partial charge in [-0.1, -0.05) is 5.16 Å². The maximum Gasteiger partial charge on any atom is 0.155 e. The Balaban J connectivity index is 2.37. The summed E-state index contributed by atoms with van der Waals surface area (Å²) in [6.45, 7) is 0.526. The van der Waals surface area contributed by atoms with Crippen LogP contribution in [0.25, 0.3) is 0 Å². The van der Waals surface area contributed by atoms with Crippen LogP contribution in [0.5, 0.6) is 0 Å². The van der Waals surface area contributed by atoms with E-state index >= 15 is 0 Å². The highest BCUT2D eigenvalue weighted by molar-refractivity contribution is 7.90. The summed E-state index contributed by atoms with van der Waals surface area (Å²) in [7, 11) is -1.15. The number of hydrogen-bond donors (Lipinski definition) is 1. The molecular formula is C8H12N2O3S. The van der Waals surface area contributed by atoms with Gasteiger partial charge in [0.25, 0.3) is 0 Å². The lowest BCUT2D eigenvalue weighted by Gasteiger charge is -2.10.